The molecular weight excluding hydrogens is 1090 g/mol. The lowest BCUT2D eigenvalue weighted by atomic mass is 10.0. The van der Waals surface area contributed by atoms with Gasteiger partial charge in [-0.1, -0.05) is 457 Å². The zero-order chi connectivity index (χ0) is 64.2. The SMILES string of the molecule is CCCCCCCCCCCCCCCCCCCCCCCCC(O)C(CO)NC(=O)CCCCCCCCCCCCCCCCCCCCCCCCCCCCCCCCCOC(=O)CCCCCCCCCCCCCCCCCCCCC. The van der Waals surface area contributed by atoms with Crippen molar-refractivity contribution in [1.29, 1.82) is 0 Å². The molecule has 6 nitrogen and oxygen atoms in total. The van der Waals surface area contributed by atoms with E-state index in [1.165, 1.54) is 424 Å². The van der Waals surface area contributed by atoms with Gasteiger partial charge in [0.25, 0.3) is 0 Å². The molecule has 2 atom stereocenters. The fourth-order valence-corrected chi connectivity index (χ4v) is 13.8. The summed E-state index contributed by atoms with van der Waals surface area (Å²) < 4.78 is 5.53. The number of carbonyl (C=O) groups is 2. The molecule has 0 spiro atoms. The maximum Gasteiger partial charge on any atom is 0.305 e. The van der Waals surface area contributed by atoms with Crippen molar-refractivity contribution in [2.45, 2.75) is 508 Å². The molecule has 532 valence electrons. The van der Waals surface area contributed by atoms with Gasteiger partial charge in [0, 0.05) is 12.8 Å². The van der Waals surface area contributed by atoms with Crippen LogP contribution in [0.25, 0.3) is 0 Å². The molecule has 0 bridgehead atoms. The maximum absolute atomic E-state index is 12.6. The maximum atomic E-state index is 12.6. The second kappa shape index (κ2) is 79.3. The Morgan fingerprint density at radius 3 is 0.685 bits per heavy atom. The van der Waals surface area contributed by atoms with E-state index in [-0.39, 0.29) is 18.5 Å². The van der Waals surface area contributed by atoms with Gasteiger partial charge in [-0.05, 0) is 25.7 Å². The first kappa shape index (κ1) is 87.9. The third kappa shape index (κ3) is 75.8. The first-order valence-corrected chi connectivity index (χ1v) is 41.8. The van der Waals surface area contributed by atoms with Crippen molar-refractivity contribution in [2.24, 2.45) is 0 Å². The standard InChI is InChI=1S/C83H165NO5/c1-3-5-7-9-11-13-15-17-19-21-23-24-36-40-43-47-51-55-59-63-67-71-75-81(86)80(79-85)84-82(87)76-72-68-64-60-56-52-48-44-41-37-34-32-30-28-26-25-27-29-31-33-35-38-42-46-50-54-58-62-66-70-74-78-89-83(88)77-73-69-65-61-57-53-49-45-39-22-20-18-16-14-12-10-8-6-4-2/h80-81,85-86H,3-79H2,1-2H3,(H,84,87). The molecule has 3 N–H and O–H groups in total. The van der Waals surface area contributed by atoms with Crippen molar-refractivity contribution < 1.29 is 24.5 Å². The van der Waals surface area contributed by atoms with Crippen LogP contribution < -0.4 is 5.32 Å². The van der Waals surface area contributed by atoms with E-state index in [9.17, 15) is 19.8 Å². The van der Waals surface area contributed by atoms with Crippen molar-refractivity contribution in [3.05, 3.63) is 0 Å². The van der Waals surface area contributed by atoms with Gasteiger partial charge in [0.1, 0.15) is 0 Å². The predicted molar refractivity (Wildman–Crippen MR) is 394 cm³/mol. The van der Waals surface area contributed by atoms with Gasteiger partial charge in [-0.3, -0.25) is 9.59 Å². The normalized spacial score (nSPS) is 12.4. The summed E-state index contributed by atoms with van der Waals surface area (Å²) in [7, 11) is 0. The number of aliphatic hydroxyl groups is 2. The van der Waals surface area contributed by atoms with Crippen LogP contribution in [0.4, 0.5) is 0 Å². The third-order valence-corrected chi connectivity index (χ3v) is 20.2. The molecular formula is C83H165NO5. The van der Waals surface area contributed by atoms with Gasteiger partial charge in [0.15, 0.2) is 0 Å². The quantitative estimate of drug-likeness (QED) is 0.0417. The van der Waals surface area contributed by atoms with E-state index in [4.69, 9.17) is 4.74 Å². The Bertz CT molecular complexity index is 1310. The van der Waals surface area contributed by atoms with Gasteiger partial charge in [-0.2, -0.15) is 0 Å². The smallest absolute Gasteiger partial charge is 0.305 e. The van der Waals surface area contributed by atoms with E-state index in [1.54, 1.807) is 0 Å². The Balaban J connectivity index is 3.31. The highest BCUT2D eigenvalue weighted by atomic mass is 16.5. The van der Waals surface area contributed by atoms with Crippen LogP contribution in [0.2, 0.25) is 0 Å². The van der Waals surface area contributed by atoms with Crippen molar-refractivity contribution in [3.8, 4) is 0 Å². The topological polar surface area (TPSA) is 95.9 Å². The number of unbranched alkanes of at least 4 members (excludes halogenated alkanes) is 69. The molecule has 0 aliphatic rings. The monoisotopic (exact) mass is 1260 g/mol. The Kier molecular flexibility index (Phi) is 78.3. The summed E-state index contributed by atoms with van der Waals surface area (Å²) in [5, 5.41) is 23.5. The number of hydrogen-bond donors (Lipinski definition) is 3. The van der Waals surface area contributed by atoms with Crippen molar-refractivity contribution >= 4 is 11.9 Å². The van der Waals surface area contributed by atoms with Crippen molar-refractivity contribution in [3.63, 3.8) is 0 Å². The highest BCUT2D eigenvalue weighted by Crippen LogP contribution is 2.21. The van der Waals surface area contributed by atoms with E-state index < -0.39 is 12.1 Å². The summed E-state index contributed by atoms with van der Waals surface area (Å²) in [6.07, 6.45) is 99.3. The lowest BCUT2D eigenvalue weighted by Crippen LogP contribution is -2.45. The summed E-state index contributed by atoms with van der Waals surface area (Å²) in [5.74, 6) is 0.00309. The van der Waals surface area contributed by atoms with E-state index in [0.29, 0.717) is 25.9 Å². The highest BCUT2D eigenvalue weighted by molar-refractivity contribution is 5.76. The van der Waals surface area contributed by atoms with Gasteiger partial charge in [-0.25, -0.2) is 0 Å². The van der Waals surface area contributed by atoms with Crippen LogP contribution in [0.5, 0.6) is 0 Å². The molecule has 0 saturated heterocycles. The van der Waals surface area contributed by atoms with E-state index >= 15 is 0 Å². The highest BCUT2D eigenvalue weighted by Gasteiger charge is 2.20. The van der Waals surface area contributed by atoms with E-state index in [0.717, 1.165) is 38.5 Å². The van der Waals surface area contributed by atoms with Crippen LogP contribution in [0.1, 0.15) is 495 Å². The molecule has 0 aromatic heterocycles. The Labute approximate surface area is 559 Å². The number of rotatable bonds is 80. The molecule has 0 aliphatic heterocycles. The largest absolute Gasteiger partial charge is 0.466 e. The summed E-state index contributed by atoms with van der Waals surface area (Å²) >= 11 is 0. The molecule has 0 heterocycles. The zero-order valence-electron chi connectivity index (χ0n) is 61.2. The van der Waals surface area contributed by atoms with Crippen molar-refractivity contribution in [1.82, 2.24) is 5.32 Å². The number of carbonyl (C=O) groups excluding carboxylic acids is 2. The zero-order valence-corrected chi connectivity index (χ0v) is 61.2. The lowest BCUT2D eigenvalue weighted by Gasteiger charge is -2.22. The molecule has 0 aliphatic carbocycles. The van der Waals surface area contributed by atoms with Gasteiger partial charge >= 0.3 is 5.97 Å². The van der Waals surface area contributed by atoms with Gasteiger partial charge in [0.2, 0.25) is 5.91 Å². The van der Waals surface area contributed by atoms with Crippen LogP contribution in [0.15, 0.2) is 0 Å². The second-order valence-corrected chi connectivity index (χ2v) is 29.2. The Morgan fingerprint density at radius 1 is 0.270 bits per heavy atom. The number of ether oxygens (including phenoxy) is 1. The minimum Gasteiger partial charge on any atom is -0.466 e. The number of esters is 1. The third-order valence-electron chi connectivity index (χ3n) is 20.2. The molecule has 0 aromatic rings. The fourth-order valence-electron chi connectivity index (χ4n) is 13.8. The van der Waals surface area contributed by atoms with Crippen LogP contribution in [0.3, 0.4) is 0 Å². The first-order chi connectivity index (χ1) is 44.0. The molecule has 0 radical (unpaired) electrons. The van der Waals surface area contributed by atoms with Crippen LogP contribution in [-0.2, 0) is 14.3 Å². The molecule has 1 amide bonds. The number of aliphatic hydroxyl groups excluding tert-OH is 2. The van der Waals surface area contributed by atoms with Gasteiger partial charge in [-0.15, -0.1) is 0 Å². The minimum atomic E-state index is -0.662. The van der Waals surface area contributed by atoms with Crippen LogP contribution in [-0.4, -0.2) is 47.4 Å². The second-order valence-electron chi connectivity index (χ2n) is 29.2. The van der Waals surface area contributed by atoms with Crippen LogP contribution in [0, 0.1) is 0 Å². The molecule has 0 rings (SSSR count). The van der Waals surface area contributed by atoms with Crippen molar-refractivity contribution in [2.75, 3.05) is 13.2 Å². The van der Waals surface area contributed by atoms with Gasteiger partial charge < -0.3 is 20.3 Å². The number of nitrogens with one attached hydrogen (secondary N) is 1. The summed E-state index contributed by atoms with van der Waals surface area (Å²) in [4.78, 5) is 24.7. The average molecular weight is 1260 g/mol. The Hall–Kier alpha value is -1.14. The van der Waals surface area contributed by atoms with E-state index in [1.807, 2.05) is 0 Å². The summed E-state index contributed by atoms with van der Waals surface area (Å²) in [6, 6.07) is -0.538. The summed E-state index contributed by atoms with van der Waals surface area (Å²) in [6.45, 7) is 5.03. The Morgan fingerprint density at radius 2 is 0.461 bits per heavy atom. The molecule has 0 aromatic carbocycles. The molecule has 6 heteroatoms. The summed E-state index contributed by atoms with van der Waals surface area (Å²) in [5.41, 5.74) is 0. The van der Waals surface area contributed by atoms with E-state index in [2.05, 4.69) is 19.2 Å². The van der Waals surface area contributed by atoms with Crippen LogP contribution >= 0.6 is 0 Å². The minimum absolute atomic E-state index is 0.0242. The van der Waals surface area contributed by atoms with Gasteiger partial charge in [0.05, 0.1) is 25.4 Å². The molecule has 2 unspecified atom stereocenters. The predicted octanol–water partition coefficient (Wildman–Crippen LogP) is 27.7. The lowest BCUT2D eigenvalue weighted by molar-refractivity contribution is -0.143. The molecule has 0 fully saturated rings. The fraction of sp³-hybridized carbons (Fsp3) is 0.976. The molecule has 0 saturated carbocycles. The number of amides is 1. The first-order valence-electron chi connectivity index (χ1n) is 41.8. The number of hydrogen-bond acceptors (Lipinski definition) is 5. The average Bonchev–Trinajstić information content (AvgIpc) is 3.63. The molecule has 89 heavy (non-hydrogen) atoms.